The molecule has 0 heterocycles. The molecule has 0 atom stereocenters. The Kier molecular flexibility index (Phi) is 15.5. The summed E-state index contributed by atoms with van der Waals surface area (Å²) in [5, 5.41) is 0. The first-order valence-corrected chi connectivity index (χ1v) is 16.0. The van der Waals surface area contributed by atoms with Crippen LogP contribution in [0.4, 0.5) is 0 Å². The number of aryl methyl sites for hydroxylation is 1. The average molecular weight is 591 g/mol. The molecule has 0 radical (unpaired) electrons. The van der Waals surface area contributed by atoms with Gasteiger partial charge in [-0.25, -0.2) is 9.59 Å². The van der Waals surface area contributed by atoms with Gasteiger partial charge in [-0.3, -0.25) is 0 Å². The molecule has 0 amide bonds. The van der Waals surface area contributed by atoms with Crippen LogP contribution in [0.1, 0.15) is 106 Å². The number of hydrogen-bond acceptors (Lipinski definition) is 6. The SMILES string of the molecule is C=CC(=O)OCCCCCCOc1ccc(C2CCC(c3ccc(OCCCCCCOC(=O)C=C)c(C)c3)CC2)cc1. The van der Waals surface area contributed by atoms with E-state index in [4.69, 9.17) is 18.9 Å². The van der Waals surface area contributed by atoms with Gasteiger partial charge >= 0.3 is 11.9 Å². The van der Waals surface area contributed by atoms with Gasteiger partial charge in [0.2, 0.25) is 0 Å². The van der Waals surface area contributed by atoms with Crippen molar-refractivity contribution in [2.75, 3.05) is 26.4 Å². The van der Waals surface area contributed by atoms with E-state index >= 15 is 0 Å². The van der Waals surface area contributed by atoms with Crippen molar-refractivity contribution < 1.29 is 28.5 Å². The van der Waals surface area contributed by atoms with Crippen LogP contribution in [0.2, 0.25) is 0 Å². The van der Waals surface area contributed by atoms with Crippen LogP contribution < -0.4 is 9.47 Å². The summed E-state index contributed by atoms with van der Waals surface area (Å²) in [5.74, 6) is 2.42. The summed E-state index contributed by atoms with van der Waals surface area (Å²) in [4.78, 5) is 22.1. The van der Waals surface area contributed by atoms with Crippen LogP contribution in [0, 0.1) is 6.92 Å². The maximum Gasteiger partial charge on any atom is 0.330 e. The van der Waals surface area contributed by atoms with Crippen LogP contribution in [0.25, 0.3) is 0 Å². The van der Waals surface area contributed by atoms with Crippen LogP contribution in [0.15, 0.2) is 67.8 Å². The largest absolute Gasteiger partial charge is 0.494 e. The van der Waals surface area contributed by atoms with Gasteiger partial charge < -0.3 is 18.9 Å². The van der Waals surface area contributed by atoms with Gasteiger partial charge in [0, 0.05) is 12.2 Å². The molecule has 0 aromatic heterocycles. The van der Waals surface area contributed by atoms with Gasteiger partial charge in [0.15, 0.2) is 0 Å². The van der Waals surface area contributed by atoms with Crippen molar-refractivity contribution in [3.8, 4) is 11.5 Å². The van der Waals surface area contributed by atoms with Gasteiger partial charge in [0.1, 0.15) is 11.5 Å². The molecule has 0 aliphatic heterocycles. The second kappa shape index (κ2) is 19.6. The molecule has 0 N–H and O–H groups in total. The maximum absolute atomic E-state index is 11.0. The minimum absolute atomic E-state index is 0.352. The first-order valence-electron chi connectivity index (χ1n) is 16.0. The van der Waals surface area contributed by atoms with Crippen molar-refractivity contribution >= 4 is 11.9 Å². The quantitative estimate of drug-likeness (QED) is 0.0872. The number of carbonyl (C=O) groups excluding carboxylic acids is 2. The number of benzene rings is 2. The van der Waals surface area contributed by atoms with E-state index in [-0.39, 0.29) is 11.9 Å². The highest BCUT2D eigenvalue weighted by Crippen LogP contribution is 2.41. The summed E-state index contributed by atoms with van der Waals surface area (Å²) in [7, 11) is 0. The van der Waals surface area contributed by atoms with Gasteiger partial charge in [-0.05, 0) is 131 Å². The normalized spacial score (nSPS) is 16.2. The van der Waals surface area contributed by atoms with Gasteiger partial charge in [-0.1, -0.05) is 37.4 Å². The lowest BCUT2D eigenvalue weighted by Gasteiger charge is -2.29. The third-order valence-electron chi connectivity index (χ3n) is 8.17. The van der Waals surface area contributed by atoms with E-state index in [1.165, 1.54) is 54.5 Å². The zero-order chi connectivity index (χ0) is 30.7. The van der Waals surface area contributed by atoms with Crippen molar-refractivity contribution in [2.24, 2.45) is 0 Å². The van der Waals surface area contributed by atoms with E-state index in [1.807, 2.05) is 0 Å². The van der Waals surface area contributed by atoms with E-state index < -0.39 is 0 Å². The Morgan fingerprint density at radius 2 is 1.12 bits per heavy atom. The Morgan fingerprint density at radius 3 is 1.63 bits per heavy atom. The van der Waals surface area contributed by atoms with Crippen molar-refractivity contribution in [2.45, 2.75) is 95.8 Å². The predicted octanol–water partition coefficient (Wildman–Crippen LogP) is 8.77. The van der Waals surface area contributed by atoms with E-state index in [1.54, 1.807) is 0 Å². The highest BCUT2D eigenvalue weighted by Gasteiger charge is 2.24. The molecule has 1 aliphatic carbocycles. The van der Waals surface area contributed by atoms with Crippen LogP contribution in [-0.4, -0.2) is 38.4 Å². The molecule has 3 rings (SSSR count). The number of hydrogen-bond donors (Lipinski definition) is 0. The first-order chi connectivity index (χ1) is 21.0. The summed E-state index contributed by atoms with van der Waals surface area (Å²) >= 11 is 0. The van der Waals surface area contributed by atoms with E-state index in [2.05, 4.69) is 62.5 Å². The lowest BCUT2D eigenvalue weighted by molar-refractivity contribution is -0.138. The molecule has 0 bridgehead atoms. The maximum atomic E-state index is 11.0. The first kappa shape index (κ1) is 34.0. The van der Waals surface area contributed by atoms with Crippen molar-refractivity contribution in [1.29, 1.82) is 0 Å². The van der Waals surface area contributed by atoms with Crippen LogP contribution >= 0.6 is 0 Å². The number of esters is 2. The summed E-state index contributed by atoms with van der Waals surface area (Å²) in [6, 6.07) is 15.4. The Bertz CT molecular complexity index is 1130. The molecule has 1 fully saturated rings. The lowest BCUT2D eigenvalue weighted by atomic mass is 9.76. The van der Waals surface area contributed by atoms with Crippen molar-refractivity contribution in [3.05, 3.63) is 84.5 Å². The minimum Gasteiger partial charge on any atom is -0.494 e. The fourth-order valence-corrected chi connectivity index (χ4v) is 5.64. The smallest absolute Gasteiger partial charge is 0.330 e. The molecule has 234 valence electrons. The predicted molar refractivity (Wildman–Crippen MR) is 172 cm³/mol. The molecule has 2 aromatic rings. The molecular formula is C37H50O6. The minimum atomic E-state index is -0.352. The second-order valence-electron chi connectivity index (χ2n) is 11.4. The third-order valence-corrected chi connectivity index (χ3v) is 8.17. The summed E-state index contributed by atoms with van der Waals surface area (Å²) < 4.78 is 22.0. The monoisotopic (exact) mass is 590 g/mol. The van der Waals surface area contributed by atoms with Crippen LogP contribution in [0.3, 0.4) is 0 Å². The lowest BCUT2D eigenvalue weighted by Crippen LogP contribution is -2.12. The summed E-state index contributed by atoms with van der Waals surface area (Å²) in [6.45, 7) is 11.3. The Balaban J connectivity index is 1.29. The topological polar surface area (TPSA) is 71.1 Å². The van der Waals surface area contributed by atoms with Gasteiger partial charge in [0.25, 0.3) is 0 Å². The molecule has 0 saturated heterocycles. The fraction of sp³-hybridized carbons (Fsp3) is 0.514. The Morgan fingerprint density at radius 1 is 0.651 bits per heavy atom. The summed E-state index contributed by atoms with van der Waals surface area (Å²) in [5.41, 5.74) is 4.05. The molecule has 1 aliphatic rings. The Labute approximate surface area is 258 Å². The van der Waals surface area contributed by atoms with Crippen molar-refractivity contribution in [3.63, 3.8) is 0 Å². The van der Waals surface area contributed by atoms with E-state index in [0.717, 1.165) is 62.9 Å². The van der Waals surface area contributed by atoms with E-state index in [0.29, 0.717) is 38.3 Å². The van der Waals surface area contributed by atoms with Gasteiger partial charge in [0.05, 0.1) is 26.4 Å². The van der Waals surface area contributed by atoms with Gasteiger partial charge in [-0.2, -0.15) is 0 Å². The molecule has 6 nitrogen and oxygen atoms in total. The number of ether oxygens (including phenoxy) is 4. The van der Waals surface area contributed by atoms with Crippen LogP contribution in [-0.2, 0) is 19.1 Å². The highest BCUT2D eigenvalue weighted by molar-refractivity contribution is 5.81. The molecule has 6 heteroatoms. The molecule has 0 spiro atoms. The highest BCUT2D eigenvalue weighted by atomic mass is 16.5. The number of rotatable bonds is 20. The zero-order valence-electron chi connectivity index (χ0n) is 26.0. The second-order valence-corrected chi connectivity index (χ2v) is 11.4. The number of carbonyl (C=O) groups is 2. The molecule has 2 aromatic carbocycles. The number of unbranched alkanes of at least 4 members (excludes halogenated alkanes) is 6. The molecule has 1 saturated carbocycles. The Hall–Kier alpha value is -3.54. The zero-order valence-corrected chi connectivity index (χ0v) is 26.0. The molecule has 0 unspecified atom stereocenters. The van der Waals surface area contributed by atoms with Gasteiger partial charge in [-0.15, -0.1) is 0 Å². The van der Waals surface area contributed by atoms with Crippen LogP contribution in [0.5, 0.6) is 11.5 Å². The molecule has 43 heavy (non-hydrogen) atoms. The third kappa shape index (κ3) is 12.7. The van der Waals surface area contributed by atoms with Crippen molar-refractivity contribution in [1.82, 2.24) is 0 Å². The average Bonchev–Trinajstić information content (AvgIpc) is 3.04. The van der Waals surface area contributed by atoms with E-state index in [9.17, 15) is 9.59 Å². The standard InChI is InChI=1S/C37H50O6/c1-4-36(38)42-26-12-8-6-10-24-40-34-21-18-31(19-22-34)30-14-16-32(17-15-30)33-20-23-35(29(3)28-33)41-25-11-7-9-13-27-43-37(39)5-2/h4-5,18-23,28,30,32H,1-2,6-17,24-27H2,3H3. The molecular weight excluding hydrogens is 540 g/mol. The summed E-state index contributed by atoms with van der Waals surface area (Å²) in [6.07, 6.45) is 15.1. The fourth-order valence-electron chi connectivity index (χ4n) is 5.64.